The van der Waals surface area contributed by atoms with E-state index in [2.05, 4.69) is 10.0 Å². The van der Waals surface area contributed by atoms with Gasteiger partial charge in [-0.25, -0.2) is 13.1 Å². The maximum atomic E-state index is 12.3. The molecule has 0 aliphatic heterocycles. The van der Waals surface area contributed by atoms with E-state index < -0.39 is 34.5 Å². The summed E-state index contributed by atoms with van der Waals surface area (Å²) in [5.74, 6) is -0.794. The van der Waals surface area contributed by atoms with E-state index in [4.69, 9.17) is 9.47 Å². The molecule has 35 heavy (non-hydrogen) atoms. The van der Waals surface area contributed by atoms with Crippen molar-refractivity contribution in [1.82, 2.24) is 4.72 Å². The molecule has 0 spiro atoms. The second-order valence-corrected chi connectivity index (χ2v) is 9.15. The highest BCUT2D eigenvalue weighted by Crippen LogP contribution is 2.17. The summed E-state index contributed by atoms with van der Waals surface area (Å²) in [4.78, 5) is 24.3. The Labute approximate surface area is 204 Å². The Morgan fingerprint density at radius 1 is 0.914 bits per heavy atom. The van der Waals surface area contributed by atoms with Gasteiger partial charge in [-0.2, -0.15) is 0 Å². The molecule has 0 aromatic heterocycles. The van der Waals surface area contributed by atoms with Gasteiger partial charge in [-0.05, 0) is 48.4 Å². The van der Waals surface area contributed by atoms with Crippen LogP contribution < -0.4 is 14.8 Å². The quantitative estimate of drug-likeness (QED) is 0.393. The number of anilines is 1. The zero-order valence-electron chi connectivity index (χ0n) is 19.1. The molecule has 182 valence electrons. The third-order valence-electron chi connectivity index (χ3n) is 4.70. The van der Waals surface area contributed by atoms with Gasteiger partial charge in [0.2, 0.25) is 10.0 Å². The van der Waals surface area contributed by atoms with Crippen LogP contribution in [0.1, 0.15) is 18.1 Å². The summed E-state index contributed by atoms with van der Waals surface area (Å²) >= 11 is 0. The Morgan fingerprint density at radius 3 is 2.20 bits per heavy atom. The molecule has 0 fully saturated rings. The number of nitrogens with one attached hydrogen (secondary N) is 2. The molecular weight excluding hydrogens is 468 g/mol. The Morgan fingerprint density at radius 2 is 1.54 bits per heavy atom. The monoisotopic (exact) mass is 494 g/mol. The van der Waals surface area contributed by atoms with Gasteiger partial charge >= 0.3 is 5.97 Å². The summed E-state index contributed by atoms with van der Waals surface area (Å²) in [7, 11) is -3.85. The Balaban J connectivity index is 1.42. The second-order valence-electron chi connectivity index (χ2n) is 7.50. The minimum absolute atomic E-state index is 0.422. The first-order chi connectivity index (χ1) is 16.8. The zero-order chi connectivity index (χ0) is 25.1. The maximum absolute atomic E-state index is 12.3. The van der Waals surface area contributed by atoms with Crippen molar-refractivity contribution in [3.63, 3.8) is 0 Å². The lowest BCUT2D eigenvalue weighted by Crippen LogP contribution is -2.35. The molecule has 8 nitrogen and oxygen atoms in total. The lowest BCUT2D eigenvalue weighted by molar-refractivity contribution is -0.151. The summed E-state index contributed by atoms with van der Waals surface area (Å²) in [5, 5.41) is 3.59. The van der Waals surface area contributed by atoms with Gasteiger partial charge in [0.25, 0.3) is 5.91 Å². The van der Waals surface area contributed by atoms with E-state index in [0.717, 1.165) is 11.0 Å². The fourth-order valence-electron chi connectivity index (χ4n) is 2.85. The van der Waals surface area contributed by atoms with Crippen molar-refractivity contribution >= 4 is 33.7 Å². The fourth-order valence-corrected chi connectivity index (χ4v) is 3.60. The smallest absolute Gasteiger partial charge is 0.321 e. The van der Waals surface area contributed by atoms with Crippen LogP contribution in [0.5, 0.6) is 5.75 Å². The van der Waals surface area contributed by atoms with Crippen LogP contribution in [-0.4, -0.2) is 32.9 Å². The van der Waals surface area contributed by atoms with E-state index >= 15 is 0 Å². The minimum Gasteiger partial charge on any atom is -0.489 e. The summed E-state index contributed by atoms with van der Waals surface area (Å²) in [6.07, 6.45) is 0.280. The second kappa shape index (κ2) is 12.5. The van der Waals surface area contributed by atoms with Crippen molar-refractivity contribution in [1.29, 1.82) is 0 Å². The molecule has 1 atom stereocenters. The van der Waals surface area contributed by atoms with E-state index in [1.165, 1.54) is 13.0 Å². The van der Waals surface area contributed by atoms with Crippen molar-refractivity contribution in [2.24, 2.45) is 0 Å². The van der Waals surface area contributed by atoms with E-state index in [9.17, 15) is 18.0 Å². The highest BCUT2D eigenvalue weighted by molar-refractivity contribution is 7.92. The zero-order valence-corrected chi connectivity index (χ0v) is 19.9. The molecule has 3 aromatic rings. The number of hydrogen-bond donors (Lipinski definition) is 2. The molecule has 1 unspecified atom stereocenters. The van der Waals surface area contributed by atoms with Crippen molar-refractivity contribution in [2.75, 3.05) is 11.9 Å². The molecule has 2 N–H and O–H groups in total. The van der Waals surface area contributed by atoms with Crippen molar-refractivity contribution in [2.45, 2.75) is 19.6 Å². The maximum Gasteiger partial charge on any atom is 0.321 e. The van der Waals surface area contributed by atoms with Crippen molar-refractivity contribution in [3.05, 3.63) is 101 Å². The highest BCUT2D eigenvalue weighted by Gasteiger charge is 2.19. The molecular formula is C26H26N2O6S. The van der Waals surface area contributed by atoms with Crippen LogP contribution in [0.25, 0.3) is 6.08 Å². The number of amides is 1. The number of sulfonamides is 1. The first-order valence-electron chi connectivity index (χ1n) is 10.8. The predicted molar refractivity (Wildman–Crippen MR) is 134 cm³/mol. The average molecular weight is 495 g/mol. The fraction of sp³-hybridized carbons (Fsp3) is 0.154. The Hall–Kier alpha value is -3.95. The van der Waals surface area contributed by atoms with Gasteiger partial charge in [0.05, 0.1) is 0 Å². The molecule has 0 saturated heterocycles. The van der Waals surface area contributed by atoms with E-state index in [-0.39, 0.29) is 0 Å². The number of rotatable bonds is 11. The third-order valence-corrected chi connectivity index (χ3v) is 5.75. The molecule has 3 aromatic carbocycles. The summed E-state index contributed by atoms with van der Waals surface area (Å²) in [6, 6.07) is 25.3. The summed E-state index contributed by atoms with van der Waals surface area (Å²) in [5.41, 5.74) is 2.23. The van der Waals surface area contributed by atoms with Crippen LogP contribution in [0.2, 0.25) is 0 Å². The number of ether oxygens (including phenoxy) is 2. The molecule has 0 aliphatic carbocycles. The lowest BCUT2D eigenvalue weighted by Gasteiger charge is -2.14. The van der Waals surface area contributed by atoms with E-state index in [1.807, 2.05) is 36.4 Å². The highest BCUT2D eigenvalue weighted by atomic mass is 32.2. The molecule has 1 amide bonds. The average Bonchev–Trinajstić information content (AvgIpc) is 2.87. The number of carbonyl (C=O) groups excluding carboxylic acids is 2. The van der Waals surface area contributed by atoms with Gasteiger partial charge in [-0.1, -0.05) is 60.7 Å². The standard InChI is InChI=1S/C26H26N2O6S/c1-20(34-25(29)18-27-35(31,32)17-16-21-8-4-2-5-9-21)26(30)28-23-12-14-24(15-13-23)33-19-22-10-6-3-7-11-22/h2-17,20,27H,18-19H2,1H3,(H,28,30)/b17-16+. The summed E-state index contributed by atoms with van der Waals surface area (Å²) in [6.45, 7) is 1.21. The van der Waals surface area contributed by atoms with Gasteiger partial charge in [-0.15, -0.1) is 0 Å². The number of esters is 1. The molecule has 0 heterocycles. The van der Waals surface area contributed by atoms with Crippen LogP contribution in [0.3, 0.4) is 0 Å². The minimum atomic E-state index is -3.85. The van der Waals surface area contributed by atoms with Crippen LogP contribution in [-0.2, 0) is 31.0 Å². The van der Waals surface area contributed by atoms with Gasteiger partial charge < -0.3 is 14.8 Å². The van der Waals surface area contributed by atoms with Crippen LogP contribution in [0, 0.1) is 0 Å². The molecule has 0 saturated carbocycles. The Kier molecular flexibility index (Phi) is 9.16. The first kappa shape index (κ1) is 25.7. The van der Waals surface area contributed by atoms with Crippen LogP contribution in [0.15, 0.2) is 90.3 Å². The van der Waals surface area contributed by atoms with Gasteiger partial charge in [0.15, 0.2) is 6.10 Å². The molecule has 0 radical (unpaired) electrons. The van der Waals surface area contributed by atoms with Crippen molar-refractivity contribution < 1.29 is 27.5 Å². The van der Waals surface area contributed by atoms with E-state index in [1.54, 1.807) is 48.5 Å². The molecule has 0 bridgehead atoms. The SMILES string of the molecule is CC(OC(=O)CNS(=O)(=O)/C=C/c1ccccc1)C(=O)Nc1ccc(OCc2ccccc2)cc1. The molecule has 9 heteroatoms. The van der Waals surface area contributed by atoms with Crippen LogP contribution in [0.4, 0.5) is 5.69 Å². The largest absolute Gasteiger partial charge is 0.489 e. The molecule has 3 rings (SSSR count). The Bertz CT molecular complexity index is 1240. The van der Waals surface area contributed by atoms with Crippen molar-refractivity contribution in [3.8, 4) is 5.75 Å². The molecule has 0 aliphatic rings. The number of carbonyl (C=O) groups is 2. The summed E-state index contributed by atoms with van der Waals surface area (Å²) < 4.78 is 36.9. The van der Waals surface area contributed by atoms with E-state index in [0.29, 0.717) is 23.6 Å². The van der Waals surface area contributed by atoms with Gasteiger partial charge in [0, 0.05) is 11.1 Å². The normalized spacial score (nSPS) is 12.1. The lowest BCUT2D eigenvalue weighted by atomic mass is 10.2. The number of benzene rings is 3. The van der Waals surface area contributed by atoms with Crippen LogP contribution >= 0.6 is 0 Å². The topological polar surface area (TPSA) is 111 Å². The number of hydrogen-bond acceptors (Lipinski definition) is 6. The predicted octanol–water partition coefficient (Wildman–Crippen LogP) is 3.73. The van der Waals surface area contributed by atoms with Gasteiger partial charge in [0.1, 0.15) is 18.9 Å². The van der Waals surface area contributed by atoms with Gasteiger partial charge in [-0.3, -0.25) is 9.59 Å². The third kappa shape index (κ3) is 9.07. The first-order valence-corrected chi connectivity index (χ1v) is 12.4.